The van der Waals surface area contributed by atoms with Gasteiger partial charge < -0.3 is 10.2 Å². The van der Waals surface area contributed by atoms with E-state index < -0.39 is 0 Å². The molecule has 1 atom stereocenters. The number of anilines is 1. The Bertz CT molecular complexity index is 609. The molecule has 1 fully saturated rings. The number of halogens is 1. The van der Waals surface area contributed by atoms with E-state index >= 15 is 0 Å². The normalized spacial score (nSPS) is 19.4. The van der Waals surface area contributed by atoms with Crippen LogP contribution in [0, 0.1) is 10.5 Å². The fourth-order valence-electron chi connectivity index (χ4n) is 2.46. The van der Waals surface area contributed by atoms with Gasteiger partial charge in [-0.25, -0.2) is 0 Å². The zero-order chi connectivity index (χ0) is 14.1. The number of benzene rings is 1. The molecule has 0 amide bonds. The molecule has 20 heavy (non-hydrogen) atoms. The lowest BCUT2D eigenvalue weighted by Gasteiger charge is -2.30. The number of hydrogen-bond acceptors (Lipinski definition) is 4. The maximum Gasteiger partial charge on any atom is 0.245 e. The number of H-pyrrole nitrogens is 1. The van der Waals surface area contributed by atoms with Crippen molar-refractivity contribution >= 4 is 28.5 Å². The number of nitrogens with zero attached hydrogens (tertiary/aromatic N) is 3. The maximum absolute atomic E-state index is 4.67. The second-order valence-corrected chi connectivity index (χ2v) is 6.30. The van der Waals surface area contributed by atoms with Crippen LogP contribution < -0.4 is 10.2 Å². The molecule has 1 aromatic heterocycles. The van der Waals surface area contributed by atoms with Crippen LogP contribution in [0.4, 0.5) is 5.95 Å². The second kappa shape index (κ2) is 5.69. The van der Waals surface area contributed by atoms with Gasteiger partial charge in [0.2, 0.25) is 5.95 Å². The van der Waals surface area contributed by atoms with E-state index in [1.165, 1.54) is 9.13 Å². The Labute approximate surface area is 132 Å². The number of nitrogens with one attached hydrogen (secondary N) is 2. The first kappa shape index (κ1) is 13.8. The van der Waals surface area contributed by atoms with Crippen molar-refractivity contribution in [3.8, 4) is 11.4 Å². The van der Waals surface area contributed by atoms with E-state index in [0.29, 0.717) is 6.04 Å². The summed E-state index contributed by atoms with van der Waals surface area (Å²) in [5.74, 6) is 1.64. The zero-order valence-corrected chi connectivity index (χ0v) is 13.8. The van der Waals surface area contributed by atoms with Gasteiger partial charge in [-0.2, -0.15) is 4.98 Å². The van der Waals surface area contributed by atoms with Crippen molar-refractivity contribution in [1.82, 2.24) is 20.5 Å². The van der Waals surface area contributed by atoms with Gasteiger partial charge in [0.1, 0.15) is 0 Å². The summed E-state index contributed by atoms with van der Waals surface area (Å²) in [6, 6.07) is 6.73. The van der Waals surface area contributed by atoms with Crippen LogP contribution in [-0.2, 0) is 0 Å². The summed E-state index contributed by atoms with van der Waals surface area (Å²) in [7, 11) is 0. The SMILES string of the molecule is Cc1cccc(-c2nc(N3CCNC(C)C3)n[nH]2)c1I. The number of piperazine rings is 1. The molecule has 5 nitrogen and oxygen atoms in total. The molecule has 6 heteroatoms. The van der Waals surface area contributed by atoms with E-state index in [2.05, 4.69) is 80.0 Å². The third kappa shape index (κ3) is 2.67. The van der Waals surface area contributed by atoms with E-state index in [1.807, 2.05) is 0 Å². The van der Waals surface area contributed by atoms with Crippen LogP contribution in [-0.4, -0.2) is 40.9 Å². The second-order valence-electron chi connectivity index (χ2n) is 5.22. The maximum atomic E-state index is 4.67. The molecular formula is C14H18IN5. The number of aromatic nitrogens is 3. The molecule has 0 saturated carbocycles. The van der Waals surface area contributed by atoms with Gasteiger partial charge in [0.05, 0.1) is 0 Å². The average Bonchev–Trinajstić information content (AvgIpc) is 2.91. The van der Waals surface area contributed by atoms with Crippen molar-refractivity contribution in [2.75, 3.05) is 24.5 Å². The van der Waals surface area contributed by atoms with Crippen molar-refractivity contribution in [1.29, 1.82) is 0 Å². The Balaban J connectivity index is 1.88. The molecule has 2 aromatic rings. The van der Waals surface area contributed by atoms with E-state index in [1.54, 1.807) is 0 Å². The molecule has 0 radical (unpaired) electrons. The molecule has 2 heterocycles. The topological polar surface area (TPSA) is 56.8 Å². The monoisotopic (exact) mass is 383 g/mol. The smallest absolute Gasteiger partial charge is 0.245 e. The minimum absolute atomic E-state index is 0.477. The van der Waals surface area contributed by atoms with Crippen molar-refractivity contribution < 1.29 is 0 Å². The molecule has 0 spiro atoms. The van der Waals surface area contributed by atoms with Crippen LogP contribution in [0.15, 0.2) is 18.2 Å². The van der Waals surface area contributed by atoms with Crippen molar-refractivity contribution in [3.63, 3.8) is 0 Å². The third-order valence-corrected chi connectivity index (χ3v) is 5.00. The summed E-state index contributed by atoms with van der Waals surface area (Å²) in [6.45, 7) is 7.17. The first-order chi connectivity index (χ1) is 9.65. The third-order valence-electron chi connectivity index (χ3n) is 3.57. The lowest BCUT2D eigenvalue weighted by Crippen LogP contribution is -2.49. The van der Waals surface area contributed by atoms with Gasteiger partial charge in [0.15, 0.2) is 5.82 Å². The Morgan fingerprint density at radius 3 is 3.05 bits per heavy atom. The molecule has 1 aliphatic rings. The summed E-state index contributed by atoms with van der Waals surface area (Å²) in [5, 5.41) is 10.9. The summed E-state index contributed by atoms with van der Waals surface area (Å²) in [6.07, 6.45) is 0. The van der Waals surface area contributed by atoms with E-state index in [4.69, 9.17) is 0 Å². The highest BCUT2D eigenvalue weighted by atomic mass is 127. The Kier molecular flexibility index (Phi) is 3.93. The van der Waals surface area contributed by atoms with Crippen molar-refractivity contribution in [2.45, 2.75) is 19.9 Å². The first-order valence-electron chi connectivity index (χ1n) is 6.81. The number of aromatic amines is 1. The van der Waals surface area contributed by atoms with Gasteiger partial charge in [0, 0.05) is 34.8 Å². The molecular weight excluding hydrogens is 365 g/mol. The van der Waals surface area contributed by atoms with E-state index in [9.17, 15) is 0 Å². The molecule has 0 aliphatic carbocycles. The van der Waals surface area contributed by atoms with Crippen LogP contribution >= 0.6 is 22.6 Å². The quantitative estimate of drug-likeness (QED) is 0.781. The molecule has 1 aliphatic heterocycles. The van der Waals surface area contributed by atoms with Crippen molar-refractivity contribution in [2.24, 2.45) is 0 Å². The molecule has 3 rings (SSSR count). The standard InChI is InChI=1S/C14H18IN5/c1-9-4-3-5-11(12(9)15)13-17-14(19-18-13)20-7-6-16-10(2)8-20/h3-5,10,16H,6-8H2,1-2H3,(H,17,18,19). The number of aryl methyl sites for hydroxylation is 1. The number of rotatable bonds is 2. The van der Waals surface area contributed by atoms with Crippen LogP contribution in [0.3, 0.4) is 0 Å². The number of hydrogen-bond donors (Lipinski definition) is 2. The average molecular weight is 383 g/mol. The Morgan fingerprint density at radius 2 is 2.25 bits per heavy atom. The Morgan fingerprint density at radius 1 is 1.40 bits per heavy atom. The van der Waals surface area contributed by atoms with Gasteiger partial charge in [-0.3, -0.25) is 5.10 Å². The minimum Gasteiger partial charge on any atom is -0.337 e. The zero-order valence-electron chi connectivity index (χ0n) is 11.7. The highest BCUT2D eigenvalue weighted by Gasteiger charge is 2.20. The fraction of sp³-hybridized carbons (Fsp3) is 0.429. The summed E-state index contributed by atoms with van der Waals surface area (Å²) >= 11 is 2.36. The molecule has 0 bridgehead atoms. The molecule has 1 aromatic carbocycles. The van der Waals surface area contributed by atoms with Crippen LogP contribution in [0.25, 0.3) is 11.4 Å². The molecule has 106 valence electrons. The van der Waals surface area contributed by atoms with Gasteiger partial charge >= 0.3 is 0 Å². The molecule has 2 N–H and O–H groups in total. The highest BCUT2D eigenvalue weighted by Crippen LogP contribution is 2.26. The predicted molar refractivity (Wildman–Crippen MR) is 89.0 cm³/mol. The van der Waals surface area contributed by atoms with Gasteiger partial charge in [0.25, 0.3) is 0 Å². The largest absolute Gasteiger partial charge is 0.337 e. The Hall–Kier alpha value is -1.15. The predicted octanol–water partition coefficient (Wildman–Crippen LogP) is 2.18. The summed E-state index contributed by atoms with van der Waals surface area (Å²) < 4.78 is 1.22. The summed E-state index contributed by atoms with van der Waals surface area (Å²) in [5.41, 5.74) is 2.38. The lowest BCUT2D eigenvalue weighted by molar-refractivity contribution is 0.480. The van der Waals surface area contributed by atoms with Crippen molar-refractivity contribution in [3.05, 3.63) is 27.3 Å². The summed E-state index contributed by atoms with van der Waals surface area (Å²) in [4.78, 5) is 6.89. The van der Waals surface area contributed by atoms with E-state index in [0.717, 1.165) is 37.0 Å². The first-order valence-corrected chi connectivity index (χ1v) is 7.89. The highest BCUT2D eigenvalue weighted by molar-refractivity contribution is 14.1. The van der Waals surface area contributed by atoms with Crippen LogP contribution in [0.1, 0.15) is 12.5 Å². The van der Waals surface area contributed by atoms with Crippen LogP contribution in [0.5, 0.6) is 0 Å². The van der Waals surface area contributed by atoms with Gasteiger partial charge in [-0.15, -0.1) is 5.10 Å². The molecule has 1 unspecified atom stereocenters. The lowest BCUT2D eigenvalue weighted by atomic mass is 10.1. The minimum atomic E-state index is 0.477. The van der Waals surface area contributed by atoms with Crippen LogP contribution in [0.2, 0.25) is 0 Å². The van der Waals surface area contributed by atoms with E-state index in [-0.39, 0.29) is 0 Å². The van der Waals surface area contributed by atoms with Gasteiger partial charge in [-0.1, -0.05) is 18.2 Å². The fourth-order valence-corrected chi connectivity index (χ4v) is 3.07. The molecule has 1 saturated heterocycles. The van der Waals surface area contributed by atoms with Gasteiger partial charge in [-0.05, 0) is 42.0 Å².